The monoisotopic (exact) mass is 379 g/mol. The minimum Gasteiger partial charge on any atom is -0.507 e. The molecule has 0 bridgehead atoms. The van der Waals surface area contributed by atoms with Crippen LogP contribution in [0.25, 0.3) is 22.5 Å². The van der Waals surface area contributed by atoms with Gasteiger partial charge in [0.1, 0.15) is 35.0 Å². The van der Waals surface area contributed by atoms with Crippen LogP contribution in [0.3, 0.4) is 0 Å². The molecule has 0 radical (unpaired) electrons. The fourth-order valence-corrected chi connectivity index (χ4v) is 2.55. The van der Waals surface area contributed by atoms with Crippen LogP contribution in [0, 0.1) is 5.82 Å². The summed E-state index contributed by atoms with van der Waals surface area (Å²) < 4.78 is 57.4. The number of methoxy groups -OCH3 is 1. The molecular weight excluding hydrogens is 366 g/mol. The topological polar surface area (TPSA) is 81.3 Å². The molecule has 0 spiro atoms. The lowest BCUT2D eigenvalue weighted by Crippen LogP contribution is -2.06. The number of rotatable bonds is 3. The first-order chi connectivity index (χ1) is 12.7. The SMILES string of the molecule is COc1ccc(-c2ncnc(-c3ccc(C(F)(F)F)cc3F)c2N)c(O)c1. The van der Waals surface area contributed by atoms with Crippen molar-refractivity contribution in [2.24, 2.45) is 0 Å². The molecule has 0 aliphatic carbocycles. The summed E-state index contributed by atoms with van der Waals surface area (Å²) in [5.41, 5.74) is 4.87. The number of hydrogen-bond donors (Lipinski definition) is 2. The van der Waals surface area contributed by atoms with Crippen molar-refractivity contribution in [3.63, 3.8) is 0 Å². The zero-order valence-electron chi connectivity index (χ0n) is 13.9. The van der Waals surface area contributed by atoms with Crippen LogP contribution >= 0.6 is 0 Å². The molecule has 140 valence electrons. The van der Waals surface area contributed by atoms with Crippen LogP contribution in [0.4, 0.5) is 23.2 Å². The number of nitrogens with zero attached hydrogens (tertiary/aromatic N) is 2. The van der Waals surface area contributed by atoms with Crippen molar-refractivity contribution in [3.8, 4) is 34.0 Å². The standard InChI is InChI=1S/C18H13F4N3O2/c1-27-10-3-5-12(14(26)7-10)17-15(23)16(24-8-25-17)11-4-2-9(6-13(11)19)18(20,21)22/h2-8,26H,23H2,1H3. The van der Waals surface area contributed by atoms with E-state index in [1.165, 1.54) is 19.2 Å². The van der Waals surface area contributed by atoms with Crippen molar-refractivity contribution >= 4 is 5.69 Å². The Morgan fingerprint density at radius 2 is 1.63 bits per heavy atom. The number of phenols is 1. The summed E-state index contributed by atoms with van der Waals surface area (Å²) in [6.45, 7) is 0. The Morgan fingerprint density at radius 1 is 1.00 bits per heavy atom. The highest BCUT2D eigenvalue weighted by atomic mass is 19.4. The van der Waals surface area contributed by atoms with E-state index in [0.717, 1.165) is 18.5 Å². The van der Waals surface area contributed by atoms with Gasteiger partial charge in [-0.25, -0.2) is 14.4 Å². The van der Waals surface area contributed by atoms with Gasteiger partial charge in [0, 0.05) is 17.2 Å². The van der Waals surface area contributed by atoms with Gasteiger partial charge >= 0.3 is 6.18 Å². The molecule has 27 heavy (non-hydrogen) atoms. The van der Waals surface area contributed by atoms with Gasteiger partial charge in [0.05, 0.1) is 18.4 Å². The van der Waals surface area contributed by atoms with E-state index in [2.05, 4.69) is 9.97 Å². The molecule has 3 rings (SSSR count). The predicted octanol–water partition coefficient (Wildman–Crippen LogP) is 4.26. The third-order valence-electron chi connectivity index (χ3n) is 3.90. The lowest BCUT2D eigenvalue weighted by molar-refractivity contribution is -0.137. The average Bonchev–Trinajstić information content (AvgIpc) is 2.61. The van der Waals surface area contributed by atoms with Gasteiger partial charge in [0.15, 0.2) is 0 Å². The second-order valence-electron chi connectivity index (χ2n) is 5.56. The van der Waals surface area contributed by atoms with Gasteiger partial charge in [0.2, 0.25) is 0 Å². The fourth-order valence-electron chi connectivity index (χ4n) is 2.55. The van der Waals surface area contributed by atoms with Crippen molar-refractivity contribution in [2.75, 3.05) is 12.8 Å². The highest BCUT2D eigenvalue weighted by molar-refractivity contribution is 5.86. The molecule has 3 aromatic rings. The molecule has 0 aliphatic rings. The molecule has 2 aromatic carbocycles. The molecule has 0 aliphatic heterocycles. The lowest BCUT2D eigenvalue weighted by Gasteiger charge is -2.13. The molecule has 5 nitrogen and oxygen atoms in total. The molecule has 0 saturated heterocycles. The number of aromatic nitrogens is 2. The predicted molar refractivity (Wildman–Crippen MR) is 90.5 cm³/mol. The minimum atomic E-state index is -4.67. The zero-order valence-corrected chi connectivity index (χ0v) is 13.9. The summed E-state index contributed by atoms with van der Waals surface area (Å²) in [7, 11) is 1.43. The molecule has 0 fully saturated rings. The van der Waals surface area contributed by atoms with Gasteiger partial charge in [-0.05, 0) is 30.3 Å². The molecule has 0 saturated carbocycles. The Hall–Kier alpha value is -3.36. The number of benzene rings is 2. The number of anilines is 1. The summed E-state index contributed by atoms with van der Waals surface area (Å²) >= 11 is 0. The quantitative estimate of drug-likeness (QED) is 0.665. The van der Waals surface area contributed by atoms with E-state index in [1.807, 2.05) is 0 Å². The van der Waals surface area contributed by atoms with E-state index in [0.29, 0.717) is 11.8 Å². The van der Waals surface area contributed by atoms with Crippen LogP contribution in [-0.4, -0.2) is 22.2 Å². The largest absolute Gasteiger partial charge is 0.507 e. The number of halogens is 4. The molecule has 0 unspecified atom stereocenters. The Kier molecular flexibility index (Phi) is 4.61. The molecule has 3 N–H and O–H groups in total. The number of hydrogen-bond acceptors (Lipinski definition) is 5. The van der Waals surface area contributed by atoms with E-state index in [-0.39, 0.29) is 34.0 Å². The minimum absolute atomic E-state index is 0.0820. The first-order valence-corrected chi connectivity index (χ1v) is 7.57. The zero-order chi connectivity index (χ0) is 19.8. The summed E-state index contributed by atoms with van der Waals surface area (Å²) in [6.07, 6.45) is -3.58. The summed E-state index contributed by atoms with van der Waals surface area (Å²) in [5.74, 6) is -0.906. The van der Waals surface area contributed by atoms with Gasteiger partial charge in [-0.2, -0.15) is 13.2 Å². The highest BCUT2D eigenvalue weighted by Gasteiger charge is 2.31. The third kappa shape index (κ3) is 3.48. The van der Waals surface area contributed by atoms with Gasteiger partial charge in [-0.15, -0.1) is 0 Å². The first-order valence-electron chi connectivity index (χ1n) is 7.57. The molecule has 9 heteroatoms. The van der Waals surface area contributed by atoms with Crippen LogP contribution in [0.2, 0.25) is 0 Å². The second-order valence-corrected chi connectivity index (χ2v) is 5.56. The first kappa shape index (κ1) is 18.4. The maximum atomic E-state index is 14.3. The van der Waals surface area contributed by atoms with Crippen molar-refractivity contribution < 1.29 is 27.4 Å². The van der Waals surface area contributed by atoms with Gasteiger partial charge in [-0.3, -0.25) is 0 Å². The maximum Gasteiger partial charge on any atom is 0.416 e. The van der Waals surface area contributed by atoms with Crippen molar-refractivity contribution in [2.45, 2.75) is 6.18 Å². The normalized spacial score (nSPS) is 11.4. The molecule has 0 amide bonds. The number of phenolic OH excluding ortho intramolecular Hbond substituents is 1. The van der Waals surface area contributed by atoms with Crippen molar-refractivity contribution in [3.05, 3.63) is 54.1 Å². The number of nitrogen functional groups attached to an aromatic ring is 1. The van der Waals surface area contributed by atoms with Gasteiger partial charge < -0.3 is 15.6 Å². The number of nitrogens with two attached hydrogens (primary N) is 1. The van der Waals surface area contributed by atoms with Crippen LogP contribution in [0.1, 0.15) is 5.56 Å². The van der Waals surface area contributed by atoms with Crippen LogP contribution in [0.5, 0.6) is 11.5 Å². The van der Waals surface area contributed by atoms with E-state index in [9.17, 15) is 22.7 Å². The van der Waals surface area contributed by atoms with Crippen LogP contribution in [-0.2, 0) is 6.18 Å². The van der Waals surface area contributed by atoms with Crippen molar-refractivity contribution in [1.82, 2.24) is 9.97 Å². The maximum absolute atomic E-state index is 14.3. The van der Waals surface area contributed by atoms with Crippen molar-refractivity contribution in [1.29, 1.82) is 0 Å². The Labute approximate surface area is 151 Å². The van der Waals surface area contributed by atoms with E-state index in [1.54, 1.807) is 6.07 Å². The highest BCUT2D eigenvalue weighted by Crippen LogP contribution is 2.39. The van der Waals surface area contributed by atoms with Crippen LogP contribution < -0.4 is 10.5 Å². The molecule has 1 aromatic heterocycles. The smallest absolute Gasteiger partial charge is 0.416 e. The average molecular weight is 379 g/mol. The number of alkyl halides is 3. The van der Waals surface area contributed by atoms with Crippen LogP contribution in [0.15, 0.2) is 42.7 Å². The van der Waals surface area contributed by atoms with E-state index >= 15 is 0 Å². The second kappa shape index (κ2) is 6.75. The summed E-state index contributed by atoms with van der Waals surface area (Å²) in [4.78, 5) is 7.89. The lowest BCUT2D eigenvalue weighted by atomic mass is 10.0. The Morgan fingerprint density at radius 3 is 2.19 bits per heavy atom. The van der Waals surface area contributed by atoms with E-state index < -0.39 is 17.6 Å². The number of aromatic hydroxyl groups is 1. The van der Waals surface area contributed by atoms with E-state index in [4.69, 9.17) is 10.5 Å². The molecule has 0 atom stereocenters. The third-order valence-corrected chi connectivity index (χ3v) is 3.90. The summed E-state index contributed by atoms with van der Waals surface area (Å²) in [6, 6.07) is 6.48. The summed E-state index contributed by atoms with van der Waals surface area (Å²) in [5, 5.41) is 10.1. The number of ether oxygens (including phenoxy) is 1. The van der Waals surface area contributed by atoms with Gasteiger partial charge in [0.25, 0.3) is 0 Å². The Bertz CT molecular complexity index is 1010. The molecule has 1 heterocycles. The molecular formula is C18H13F4N3O2. The van der Waals surface area contributed by atoms with Gasteiger partial charge in [-0.1, -0.05) is 0 Å². The fraction of sp³-hybridized carbons (Fsp3) is 0.111. The Balaban J connectivity index is 2.11.